The molecule has 0 aliphatic rings. The Kier molecular flexibility index (Phi) is 4.22. The molecule has 17 heavy (non-hydrogen) atoms. The minimum atomic E-state index is -3.68. The zero-order valence-corrected chi connectivity index (χ0v) is 10.5. The molecule has 0 aliphatic heterocycles. The van der Waals surface area contributed by atoms with Crippen LogP contribution < -0.4 is 4.72 Å². The summed E-state index contributed by atoms with van der Waals surface area (Å²) in [4.78, 5) is 11.5. The van der Waals surface area contributed by atoms with Crippen molar-refractivity contribution in [2.24, 2.45) is 0 Å². The molecule has 0 bridgehead atoms. The quantitative estimate of drug-likeness (QED) is 0.890. The molecule has 1 aromatic rings. The van der Waals surface area contributed by atoms with Gasteiger partial charge in [0, 0.05) is 0 Å². The predicted molar refractivity (Wildman–Crippen MR) is 62.7 cm³/mol. The highest BCUT2D eigenvalue weighted by Crippen LogP contribution is 2.14. The van der Waals surface area contributed by atoms with Crippen LogP contribution in [0.3, 0.4) is 0 Å². The van der Waals surface area contributed by atoms with Gasteiger partial charge in [-0.05, 0) is 18.1 Å². The summed E-state index contributed by atoms with van der Waals surface area (Å²) in [6.45, 7) is 1.89. The Hall–Kier alpha value is -1.43. The van der Waals surface area contributed by atoms with Gasteiger partial charge in [-0.1, -0.05) is 25.5 Å². The van der Waals surface area contributed by atoms with E-state index >= 15 is 0 Å². The fourth-order valence-electron chi connectivity index (χ4n) is 1.44. The number of carbonyl (C=O) groups excluding carboxylic acids is 1. The molecule has 0 atom stereocenters. The van der Waals surface area contributed by atoms with Crippen LogP contribution in [0.25, 0.3) is 0 Å². The molecule has 0 saturated heterocycles. The summed E-state index contributed by atoms with van der Waals surface area (Å²) in [5.74, 6) is -1.60. The molecule has 0 unspecified atom stereocenters. The molecule has 0 heterocycles. The van der Waals surface area contributed by atoms with Crippen molar-refractivity contribution >= 4 is 15.9 Å². The van der Waals surface area contributed by atoms with Crippen molar-refractivity contribution in [3.8, 4) is 0 Å². The van der Waals surface area contributed by atoms with E-state index in [0.29, 0.717) is 12.0 Å². The Morgan fingerprint density at radius 2 is 2.06 bits per heavy atom. The molecular formula is C11H14FNO3S. The molecule has 1 N–H and O–H groups in total. The second-order valence-electron chi connectivity index (χ2n) is 3.73. The van der Waals surface area contributed by atoms with Crippen molar-refractivity contribution in [1.82, 2.24) is 4.72 Å². The van der Waals surface area contributed by atoms with Crippen LogP contribution in [0.5, 0.6) is 0 Å². The van der Waals surface area contributed by atoms with Gasteiger partial charge in [0.15, 0.2) is 0 Å². The van der Waals surface area contributed by atoms with Crippen LogP contribution in [-0.2, 0) is 16.4 Å². The fraction of sp³-hybridized carbons (Fsp3) is 0.364. The highest BCUT2D eigenvalue weighted by Gasteiger charge is 2.17. The molecule has 0 fully saturated rings. The topological polar surface area (TPSA) is 63.2 Å². The lowest BCUT2D eigenvalue weighted by molar-refractivity contribution is 0.0977. The van der Waals surface area contributed by atoms with Crippen LogP contribution in [0, 0.1) is 5.82 Å². The first kappa shape index (κ1) is 13.6. The van der Waals surface area contributed by atoms with Gasteiger partial charge in [0.05, 0.1) is 11.8 Å². The van der Waals surface area contributed by atoms with Crippen LogP contribution in [0.1, 0.15) is 29.3 Å². The molecule has 1 aromatic carbocycles. The zero-order valence-electron chi connectivity index (χ0n) is 9.66. The number of amides is 1. The molecule has 0 saturated carbocycles. The third-order valence-corrected chi connectivity index (χ3v) is 2.68. The Morgan fingerprint density at radius 1 is 1.41 bits per heavy atom. The van der Waals surface area contributed by atoms with Gasteiger partial charge >= 0.3 is 0 Å². The maximum absolute atomic E-state index is 13.8. The number of hydrogen-bond donors (Lipinski definition) is 1. The molecule has 6 heteroatoms. The summed E-state index contributed by atoms with van der Waals surface area (Å²) in [7, 11) is -3.68. The van der Waals surface area contributed by atoms with E-state index in [1.165, 1.54) is 12.1 Å². The van der Waals surface area contributed by atoms with Crippen molar-refractivity contribution in [3.63, 3.8) is 0 Å². The molecule has 0 radical (unpaired) electrons. The minimum Gasteiger partial charge on any atom is -0.268 e. The average Bonchev–Trinajstić information content (AvgIpc) is 2.18. The van der Waals surface area contributed by atoms with E-state index in [2.05, 4.69) is 0 Å². The molecule has 4 nitrogen and oxygen atoms in total. The third-order valence-electron chi connectivity index (χ3n) is 2.12. The number of sulfonamides is 1. The number of rotatable bonds is 4. The third kappa shape index (κ3) is 3.81. The number of carbonyl (C=O) groups is 1. The van der Waals surface area contributed by atoms with E-state index in [-0.39, 0.29) is 5.56 Å². The van der Waals surface area contributed by atoms with Crippen molar-refractivity contribution in [1.29, 1.82) is 0 Å². The summed E-state index contributed by atoms with van der Waals surface area (Å²) < 4.78 is 37.3. The molecule has 0 aliphatic carbocycles. The number of aryl methyl sites for hydroxylation is 1. The van der Waals surface area contributed by atoms with Gasteiger partial charge in [0.2, 0.25) is 10.0 Å². The fourth-order valence-corrected chi connectivity index (χ4v) is 1.89. The summed E-state index contributed by atoms with van der Waals surface area (Å²) in [6.07, 6.45) is 2.10. The number of nitrogens with one attached hydrogen (secondary N) is 1. The Morgan fingerprint density at radius 3 is 2.59 bits per heavy atom. The first-order valence-corrected chi connectivity index (χ1v) is 7.03. The second-order valence-corrected chi connectivity index (χ2v) is 5.48. The molecule has 1 amide bonds. The summed E-state index contributed by atoms with van der Waals surface area (Å²) in [5.41, 5.74) is 0.162. The average molecular weight is 259 g/mol. The number of hydrogen-bond acceptors (Lipinski definition) is 3. The lowest BCUT2D eigenvalue weighted by Crippen LogP contribution is -2.30. The monoisotopic (exact) mass is 259 g/mol. The van der Waals surface area contributed by atoms with E-state index in [1.54, 1.807) is 10.8 Å². The van der Waals surface area contributed by atoms with Gasteiger partial charge in [-0.2, -0.15) is 0 Å². The van der Waals surface area contributed by atoms with E-state index in [4.69, 9.17) is 0 Å². The lowest BCUT2D eigenvalue weighted by Gasteiger charge is -2.07. The maximum Gasteiger partial charge on any atom is 0.267 e. The van der Waals surface area contributed by atoms with Crippen molar-refractivity contribution in [3.05, 3.63) is 35.1 Å². The molecule has 1 rings (SSSR count). The van der Waals surface area contributed by atoms with E-state index in [9.17, 15) is 17.6 Å². The summed E-state index contributed by atoms with van der Waals surface area (Å²) in [5, 5.41) is 0. The summed E-state index contributed by atoms with van der Waals surface area (Å²) in [6, 6.07) is 4.37. The predicted octanol–water partition coefficient (Wildman–Crippen LogP) is 1.47. The van der Waals surface area contributed by atoms with Crippen molar-refractivity contribution in [2.45, 2.75) is 19.8 Å². The minimum absolute atomic E-state index is 0.249. The van der Waals surface area contributed by atoms with E-state index < -0.39 is 21.7 Å². The Bertz CT molecular complexity index is 526. The van der Waals surface area contributed by atoms with Crippen LogP contribution in [-0.4, -0.2) is 20.6 Å². The van der Waals surface area contributed by atoms with Gasteiger partial charge in [-0.25, -0.2) is 17.5 Å². The standard InChI is InChI=1S/C11H14FNO3S/c1-3-5-8-6-4-7-9(10(8)12)11(14)13-17(2,15)16/h4,6-7H,3,5H2,1-2H3,(H,13,14). The first-order valence-electron chi connectivity index (χ1n) is 5.14. The van der Waals surface area contributed by atoms with Crippen LogP contribution in [0.4, 0.5) is 4.39 Å². The molecule has 0 aromatic heterocycles. The normalized spacial score (nSPS) is 11.2. The molecule has 0 spiro atoms. The molecular weight excluding hydrogens is 245 g/mol. The van der Waals surface area contributed by atoms with E-state index in [0.717, 1.165) is 12.7 Å². The van der Waals surface area contributed by atoms with Crippen LogP contribution >= 0.6 is 0 Å². The van der Waals surface area contributed by atoms with Gasteiger partial charge in [0.1, 0.15) is 5.82 Å². The Balaban J connectivity index is 3.06. The second kappa shape index (κ2) is 5.27. The van der Waals surface area contributed by atoms with Crippen LogP contribution in [0.15, 0.2) is 18.2 Å². The highest BCUT2D eigenvalue weighted by molar-refractivity contribution is 7.89. The molecule has 94 valence electrons. The SMILES string of the molecule is CCCc1cccc(C(=O)NS(C)(=O)=O)c1F. The van der Waals surface area contributed by atoms with Gasteiger partial charge in [-0.3, -0.25) is 4.79 Å². The Labute approximate surface area is 99.9 Å². The largest absolute Gasteiger partial charge is 0.268 e. The van der Waals surface area contributed by atoms with Crippen molar-refractivity contribution < 1.29 is 17.6 Å². The van der Waals surface area contributed by atoms with Gasteiger partial charge in [0.25, 0.3) is 5.91 Å². The smallest absolute Gasteiger partial charge is 0.267 e. The first-order chi connectivity index (χ1) is 7.85. The van der Waals surface area contributed by atoms with E-state index in [1.807, 2.05) is 6.92 Å². The number of halogens is 1. The zero-order chi connectivity index (χ0) is 13.1. The van der Waals surface area contributed by atoms with Crippen molar-refractivity contribution in [2.75, 3.05) is 6.26 Å². The number of benzene rings is 1. The van der Waals surface area contributed by atoms with Crippen LogP contribution in [0.2, 0.25) is 0 Å². The van der Waals surface area contributed by atoms with Gasteiger partial charge < -0.3 is 0 Å². The highest BCUT2D eigenvalue weighted by atomic mass is 32.2. The van der Waals surface area contributed by atoms with Gasteiger partial charge in [-0.15, -0.1) is 0 Å². The lowest BCUT2D eigenvalue weighted by atomic mass is 10.1. The maximum atomic E-state index is 13.8. The summed E-state index contributed by atoms with van der Waals surface area (Å²) >= 11 is 0.